The minimum atomic E-state index is -0.315. The van der Waals surface area contributed by atoms with Gasteiger partial charge in [-0.1, -0.05) is 48.0 Å². The predicted molar refractivity (Wildman–Crippen MR) is 141 cm³/mol. The molecule has 0 saturated carbocycles. The fourth-order valence-corrected chi connectivity index (χ4v) is 4.29. The maximum absolute atomic E-state index is 13.6. The Kier molecular flexibility index (Phi) is 7.84. The Labute approximate surface area is 211 Å². The van der Waals surface area contributed by atoms with Gasteiger partial charge in [-0.05, 0) is 68.7 Å². The largest absolute Gasteiger partial charge is 0.361 e. The number of nitrogens with zero attached hydrogens (tertiary/aromatic N) is 2. The lowest BCUT2D eigenvalue weighted by Gasteiger charge is -2.30. The molecule has 1 aromatic heterocycles. The first-order chi connectivity index (χ1) is 17.3. The lowest BCUT2D eigenvalue weighted by atomic mass is 10.1. The minimum Gasteiger partial charge on any atom is -0.361 e. The summed E-state index contributed by atoms with van der Waals surface area (Å²) in [6.07, 6.45) is 2.64. The molecule has 36 heavy (non-hydrogen) atoms. The average molecular weight is 486 g/mol. The molecule has 0 radical (unpaired) electrons. The second kappa shape index (κ2) is 11.2. The first kappa shape index (κ1) is 25.2. The van der Waals surface area contributed by atoms with Crippen LogP contribution in [-0.4, -0.2) is 45.7 Å². The Morgan fingerprint density at radius 3 is 2.33 bits per heavy atom. The highest BCUT2D eigenvalue weighted by molar-refractivity contribution is 5.96. The molecule has 0 saturated heterocycles. The van der Waals surface area contributed by atoms with Crippen molar-refractivity contribution in [3.05, 3.63) is 107 Å². The summed E-state index contributed by atoms with van der Waals surface area (Å²) in [5.41, 5.74) is 4.65. The highest BCUT2D eigenvalue weighted by Gasteiger charge is 2.25. The van der Waals surface area contributed by atoms with Crippen LogP contribution >= 0.6 is 0 Å². The second-order valence-corrected chi connectivity index (χ2v) is 9.44. The molecular formula is C30H32FN3O2. The smallest absolute Gasteiger partial charge is 0.254 e. The van der Waals surface area contributed by atoms with Crippen molar-refractivity contribution in [2.45, 2.75) is 39.8 Å². The molecule has 0 spiro atoms. The summed E-state index contributed by atoms with van der Waals surface area (Å²) >= 11 is 0. The highest BCUT2D eigenvalue weighted by Crippen LogP contribution is 2.19. The van der Waals surface area contributed by atoms with Gasteiger partial charge in [0.25, 0.3) is 5.91 Å². The molecule has 0 fully saturated rings. The average Bonchev–Trinajstić information content (AvgIpc) is 3.29. The van der Waals surface area contributed by atoms with Crippen LogP contribution in [0.15, 0.2) is 79.0 Å². The summed E-state index contributed by atoms with van der Waals surface area (Å²) in [4.78, 5) is 33.5. The van der Waals surface area contributed by atoms with Crippen molar-refractivity contribution in [1.82, 2.24) is 14.8 Å². The van der Waals surface area contributed by atoms with Gasteiger partial charge in [-0.3, -0.25) is 9.59 Å². The van der Waals surface area contributed by atoms with Crippen molar-refractivity contribution < 1.29 is 14.0 Å². The normalized spacial score (nSPS) is 11.1. The van der Waals surface area contributed by atoms with E-state index in [0.29, 0.717) is 25.1 Å². The molecule has 0 bridgehead atoms. The van der Waals surface area contributed by atoms with Crippen LogP contribution in [-0.2, 0) is 17.8 Å². The Morgan fingerprint density at radius 1 is 0.944 bits per heavy atom. The number of benzene rings is 3. The zero-order chi connectivity index (χ0) is 25.7. The van der Waals surface area contributed by atoms with E-state index in [4.69, 9.17) is 0 Å². The number of amides is 2. The third-order valence-corrected chi connectivity index (χ3v) is 6.45. The standard InChI is InChI=1S/C30H32FN3O2/c1-21(2)34(30(36)24-12-8-22(3)9-13-24)20-29(35)33(19-23-10-14-26(31)15-11-23)17-16-25-18-32-28-7-5-4-6-27(25)28/h4-15,18,21,32H,16-17,19-20H2,1-3H3. The van der Waals surface area contributed by atoms with Crippen molar-refractivity contribution in [2.24, 2.45) is 0 Å². The van der Waals surface area contributed by atoms with Crippen LogP contribution in [0.4, 0.5) is 4.39 Å². The topological polar surface area (TPSA) is 56.4 Å². The summed E-state index contributed by atoms with van der Waals surface area (Å²) in [6.45, 7) is 6.58. The second-order valence-electron chi connectivity index (χ2n) is 9.44. The molecular weight excluding hydrogens is 453 g/mol. The molecule has 4 aromatic rings. The van der Waals surface area contributed by atoms with Crippen LogP contribution in [0.25, 0.3) is 10.9 Å². The maximum atomic E-state index is 13.6. The third-order valence-electron chi connectivity index (χ3n) is 6.45. The summed E-state index contributed by atoms with van der Waals surface area (Å²) in [5.74, 6) is -0.630. The van der Waals surface area contributed by atoms with Gasteiger partial charge in [0.15, 0.2) is 0 Å². The maximum Gasteiger partial charge on any atom is 0.254 e. The number of aromatic nitrogens is 1. The minimum absolute atomic E-state index is 0.0283. The van der Waals surface area contributed by atoms with Gasteiger partial charge in [0.2, 0.25) is 5.91 Å². The molecule has 2 amide bonds. The Hall–Kier alpha value is -3.93. The first-order valence-electron chi connectivity index (χ1n) is 12.3. The van der Waals surface area contributed by atoms with E-state index < -0.39 is 0 Å². The van der Waals surface area contributed by atoms with Gasteiger partial charge >= 0.3 is 0 Å². The van der Waals surface area contributed by atoms with Crippen LogP contribution in [0, 0.1) is 12.7 Å². The number of aromatic amines is 1. The van der Waals surface area contributed by atoms with E-state index in [9.17, 15) is 14.0 Å². The fourth-order valence-electron chi connectivity index (χ4n) is 4.29. The SMILES string of the molecule is Cc1ccc(C(=O)N(CC(=O)N(CCc2c[nH]c3ccccc23)Cc2ccc(F)cc2)C(C)C)cc1. The predicted octanol–water partition coefficient (Wildman–Crippen LogP) is 5.74. The highest BCUT2D eigenvalue weighted by atomic mass is 19.1. The molecule has 0 aliphatic carbocycles. The first-order valence-corrected chi connectivity index (χ1v) is 12.3. The molecule has 4 rings (SSSR count). The van der Waals surface area contributed by atoms with Gasteiger partial charge in [0, 0.05) is 41.8 Å². The molecule has 0 aliphatic heterocycles. The number of aryl methyl sites for hydroxylation is 1. The number of carbonyl (C=O) groups is 2. The number of H-pyrrole nitrogens is 1. The number of hydrogen-bond acceptors (Lipinski definition) is 2. The molecule has 186 valence electrons. The number of para-hydroxylation sites is 1. The number of carbonyl (C=O) groups excluding carboxylic acids is 2. The lowest BCUT2D eigenvalue weighted by molar-refractivity contribution is -0.132. The van der Waals surface area contributed by atoms with Crippen molar-refractivity contribution >= 4 is 22.7 Å². The number of rotatable bonds is 9. The Balaban J connectivity index is 1.54. The van der Waals surface area contributed by atoms with Crippen molar-refractivity contribution in [3.63, 3.8) is 0 Å². The molecule has 0 unspecified atom stereocenters. The van der Waals surface area contributed by atoms with Crippen molar-refractivity contribution in [2.75, 3.05) is 13.1 Å². The molecule has 6 heteroatoms. The summed E-state index contributed by atoms with van der Waals surface area (Å²) < 4.78 is 13.5. The van der Waals surface area contributed by atoms with Crippen LogP contribution in [0.3, 0.4) is 0 Å². The fraction of sp³-hybridized carbons (Fsp3) is 0.267. The number of halogens is 1. The lowest BCUT2D eigenvalue weighted by Crippen LogP contribution is -2.46. The van der Waals surface area contributed by atoms with Gasteiger partial charge in [-0.15, -0.1) is 0 Å². The van der Waals surface area contributed by atoms with E-state index >= 15 is 0 Å². The van der Waals surface area contributed by atoms with Crippen molar-refractivity contribution in [1.29, 1.82) is 0 Å². The molecule has 0 aliphatic rings. The van der Waals surface area contributed by atoms with Gasteiger partial charge in [-0.25, -0.2) is 4.39 Å². The van der Waals surface area contributed by atoms with E-state index in [1.807, 2.05) is 57.3 Å². The Bertz CT molecular complexity index is 1330. The zero-order valence-electron chi connectivity index (χ0n) is 21.0. The van der Waals surface area contributed by atoms with Gasteiger partial charge in [-0.2, -0.15) is 0 Å². The molecule has 1 N–H and O–H groups in total. The quantitative estimate of drug-likeness (QED) is 0.329. The summed E-state index contributed by atoms with van der Waals surface area (Å²) in [6, 6.07) is 21.5. The number of nitrogens with one attached hydrogen (secondary N) is 1. The van der Waals surface area contributed by atoms with Crippen molar-refractivity contribution in [3.8, 4) is 0 Å². The van der Waals surface area contributed by atoms with E-state index in [2.05, 4.69) is 11.1 Å². The van der Waals surface area contributed by atoms with Gasteiger partial charge in [0.05, 0.1) is 0 Å². The third kappa shape index (κ3) is 6.00. The molecule has 3 aromatic carbocycles. The van der Waals surface area contributed by atoms with Crippen LogP contribution < -0.4 is 0 Å². The summed E-state index contributed by atoms with van der Waals surface area (Å²) in [7, 11) is 0. The number of fused-ring (bicyclic) bond motifs is 1. The molecule has 0 atom stereocenters. The van der Waals surface area contributed by atoms with Crippen LogP contribution in [0.5, 0.6) is 0 Å². The van der Waals surface area contributed by atoms with E-state index in [1.165, 1.54) is 12.1 Å². The summed E-state index contributed by atoms with van der Waals surface area (Å²) in [5, 5.41) is 1.13. The van der Waals surface area contributed by atoms with Crippen LogP contribution in [0.2, 0.25) is 0 Å². The van der Waals surface area contributed by atoms with E-state index in [1.54, 1.807) is 34.1 Å². The monoisotopic (exact) mass is 485 g/mol. The number of hydrogen-bond donors (Lipinski definition) is 1. The Morgan fingerprint density at radius 2 is 1.64 bits per heavy atom. The molecule has 1 heterocycles. The van der Waals surface area contributed by atoms with E-state index in [-0.39, 0.29) is 30.2 Å². The van der Waals surface area contributed by atoms with E-state index in [0.717, 1.165) is 27.6 Å². The molecule has 5 nitrogen and oxygen atoms in total. The zero-order valence-corrected chi connectivity index (χ0v) is 21.0. The van der Waals surface area contributed by atoms with Gasteiger partial charge < -0.3 is 14.8 Å². The van der Waals surface area contributed by atoms with Crippen LogP contribution in [0.1, 0.15) is 40.9 Å². The van der Waals surface area contributed by atoms with Gasteiger partial charge in [0.1, 0.15) is 12.4 Å².